The lowest BCUT2D eigenvalue weighted by Gasteiger charge is -2.35. The third-order valence-corrected chi connectivity index (χ3v) is 7.08. The van der Waals surface area contributed by atoms with E-state index in [2.05, 4.69) is 17.0 Å². The molecule has 3 aromatic rings. The van der Waals surface area contributed by atoms with E-state index in [0.717, 1.165) is 11.1 Å². The molecule has 4 rings (SSSR count). The van der Waals surface area contributed by atoms with Gasteiger partial charge in [-0.1, -0.05) is 42.5 Å². The number of hydrogen-bond acceptors (Lipinski definition) is 4. The van der Waals surface area contributed by atoms with Gasteiger partial charge in [-0.15, -0.1) is 0 Å². The van der Waals surface area contributed by atoms with E-state index in [-0.39, 0.29) is 0 Å². The molecule has 0 spiro atoms. The lowest BCUT2D eigenvalue weighted by atomic mass is 10.1. The van der Waals surface area contributed by atoms with Gasteiger partial charge >= 0.3 is 0 Å². The molecule has 3 aromatic carbocycles. The van der Waals surface area contributed by atoms with Gasteiger partial charge in [0.05, 0.1) is 11.5 Å². The van der Waals surface area contributed by atoms with Gasteiger partial charge in [-0.3, -0.25) is 0 Å². The third-order valence-electron chi connectivity index (χ3n) is 5.12. The molecular weight excluding hydrogens is 372 g/mol. The first-order valence-corrected chi connectivity index (χ1v) is 11.0. The number of para-hydroxylation sites is 1. The fourth-order valence-corrected chi connectivity index (χ4v) is 5.33. The highest BCUT2D eigenvalue weighted by molar-refractivity contribution is 7.89. The summed E-state index contributed by atoms with van der Waals surface area (Å²) in [7, 11) is -3.57. The molecule has 0 aromatic heterocycles. The van der Waals surface area contributed by atoms with Crippen LogP contribution in [0.2, 0.25) is 0 Å². The molecule has 1 heterocycles. The van der Waals surface area contributed by atoms with Crippen molar-refractivity contribution in [3.63, 3.8) is 0 Å². The average molecular weight is 397 g/mol. The van der Waals surface area contributed by atoms with Crippen LogP contribution in [0.5, 0.6) is 5.75 Å². The number of rotatable bonds is 5. The highest BCUT2D eigenvalue weighted by Crippen LogP contribution is 2.33. The molecule has 1 aliphatic heterocycles. The highest BCUT2D eigenvalue weighted by Gasteiger charge is 2.30. The summed E-state index contributed by atoms with van der Waals surface area (Å²) in [6.07, 6.45) is 0. The Morgan fingerprint density at radius 1 is 0.821 bits per heavy atom. The number of ether oxygens (including phenoxy) is 1. The van der Waals surface area contributed by atoms with Crippen LogP contribution >= 0.6 is 0 Å². The molecule has 0 amide bonds. The van der Waals surface area contributed by atoms with Crippen molar-refractivity contribution in [1.29, 1.82) is 0 Å². The molecule has 0 radical (unpaired) electrons. The molecule has 5 nitrogen and oxygen atoms in total. The molecule has 0 atom stereocenters. The Morgan fingerprint density at radius 3 is 2.14 bits per heavy atom. The Kier molecular flexibility index (Phi) is 5.24. The number of benzene rings is 3. The van der Waals surface area contributed by atoms with E-state index in [1.165, 1.54) is 0 Å². The number of nitrogens with zero attached hydrogens (tertiary/aromatic N) is 2. The van der Waals surface area contributed by atoms with Crippen LogP contribution in [0.1, 0.15) is 6.92 Å². The average Bonchev–Trinajstić information content (AvgIpc) is 2.75. The van der Waals surface area contributed by atoms with Gasteiger partial charge in [0, 0.05) is 42.6 Å². The second-order valence-corrected chi connectivity index (χ2v) is 8.67. The lowest BCUT2D eigenvalue weighted by molar-refractivity contribution is 0.344. The van der Waals surface area contributed by atoms with Crippen LogP contribution < -0.4 is 9.64 Å². The minimum Gasteiger partial charge on any atom is -0.493 e. The smallest absolute Gasteiger partial charge is 0.243 e. The maximum absolute atomic E-state index is 13.4. The van der Waals surface area contributed by atoms with Crippen LogP contribution in [0, 0.1) is 0 Å². The Balaban J connectivity index is 1.62. The predicted octanol–water partition coefficient (Wildman–Crippen LogP) is 3.75. The topological polar surface area (TPSA) is 49.9 Å². The van der Waals surface area contributed by atoms with E-state index < -0.39 is 10.0 Å². The first-order chi connectivity index (χ1) is 13.6. The zero-order valence-corrected chi connectivity index (χ0v) is 16.7. The van der Waals surface area contributed by atoms with Crippen molar-refractivity contribution in [1.82, 2.24) is 4.31 Å². The van der Waals surface area contributed by atoms with Crippen molar-refractivity contribution in [2.45, 2.75) is 11.8 Å². The minimum atomic E-state index is -3.57. The van der Waals surface area contributed by atoms with Crippen LogP contribution in [0.3, 0.4) is 0 Å². The Bertz CT molecular complexity index is 1060. The van der Waals surface area contributed by atoms with Gasteiger partial charge in [0.1, 0.15) is 5.75 Å². The van der Waals surface area contributed by atoms with Crippen molar-refractivity contribution in [2.24, 2.45) is 0 Å². The van der Waals surface area contributed by atoms with E-state index in [1.807, 2.05) is 49.4 Å². The summed E-state index contributed by atoms with van der Waals surface area (Å²) in [5.41, 5.74) is 1.13. The summed E-state index contributed by atoms with van der Waals surface area (Å²) in [4.78, 5) is 2.57. The monoisotopic (exact) mass is 396 g/mol. The molecule has 0 bridgehead atoms. The van der Waals surface area contributed by atoms with Crippen LogP contribution in [0.4, 0.5) is 5.69 Å². The van der Waals surface area contributed by atoms with Gasteiger partial charge < -0.3 is 9.64 Å². The molecular formula is C22H24N2O3S. The molecule has 0 N–H and O–H groups in total. The maximum atomic E-state index is 13.4. The van der Waals surface area contributed by atoms with Crippen molar-refractivity contribution in [3.05, 3.63) is 66.7 Å². The first-order valence-electron chi connectivity index (χ1n) is 9.56. The highest BCUT2D eigenvalue weighted by atomic mass is 32.2. The van der Waals surface area contributed by atoms with Crippen molar-refractivity contribution < 1.29 is 13.2 Å². The standard InChI is InChI=1S/C22H24N2O3S/c1-2-27-21-12-13-22(20-11-7-6-10-19(20)21)28(25,26)24-16-14-23(15-17-24)18-8-4-3-5-9-18/h3-13H,2,14-17H2,1H3. The van der Waals surface area contributed by atoms with E-state index in [1.54, 1.807) is 16.4 Å². The maximum Gasteiger partial charge on any atom is 0.243 e. The van der Waals surface area contributed by atoms with Crippen molar-refractivity contribution >= 4 is 26.5 Å². The fourth-order valence-electron chi connectivity index (χ4n) is 3.71. The predicted molar refractivity (Wildman–Crippen MR) is 113 cm³/mol. The molecule has 28 heavy (non-hydrogen) atoms. The van der Waals surface area contributed by atoms with E-state index in [4.69, 9.17) is 4.74 Å². The summed E-state index contributed by atoms with van der Waals surface area (Å²) < 4.78 is 34.0. The summed E-state index contributed by atoms with van der Waals surface area (Å²) >= 11 is 0. The summed E-state index contributed by atoms with van der Waals surface area (Å²) in [5.74, 6) is 0.714. The number of hydrogen-bond donors (Lipinski definition) is 0. The largest absolute Gasteiger partial charge is 0.493 e. The van der Waals surface area contributed by atoms with Gasteiger partial charge in [-0.05, 0) is 31.2 Å². The van der Waals surface area contributed by atoms with Crippen LogP contribution in [0.15, 0.2) is 71.6 Å². The Hall–Kier alpha value is -2.57. The van der Waals surface area contributed by atoms with Gasteiger partial charge in [0.15, 0.2) is 0 Å². The van der Waals surface area contributed by atoms with Crippen molar-refractivity contribution in [3.8, 4) is 5.75 Å². The minimum absolute atomic E-state index is 0.347. The SMILES string of the molecule is CCOc1ccc(S(=O)(=O)N2CCN(c3ccccc3)CC2)c2ccccc12. The normalized spacial score (nSPS) is 15.7. The number of anilines is 1. The molecule has 1 fully saturated rings. The van der Waals surface area contributed by atoms with E-state index >= 15 is 0 Å². The molecule has 0 aliphatic carbocycles. The molecule has 146 valence electrons. The van der Waals surface area contributed by atoms with E-state index in [0.29, 0.717) is 48.8 Å². The van der Waals surface area contributed by atoms with Gasteiger partial charge in [-0.25, -0.2) is 8.42 Å². The van der Waals surface area contributed by atoms with Crippen LogP contribution in [0.25, 0.3) is 10.8 Å². The van der Waals surface area contributed by atoms with Crippen molar-refractivity contribution in [2.75, 3.05) is 37.7 Å². The summed E-state index contributed by atoms with van der Waals surface area (Å²) in [6, 6.07) is 21.1. The van der Waals surface area contributed by atoms with Gasteiger partial charge in [0.2, 0.25) is 10.0 Å². The van der Waals surface area contributed by atoms with Gasteiger partial charge in [0.25, 0.3) is 0 Å². The summed E-state index contributed by atoms with van der Waals surface area (Å²) in [6.45, 7) is 4.76. The second-order valence-electron chi connectivity index (χ2n) is 6.77. The lowest BCUT2D eigenvalue weighted by Crippen LogP contribution is -2.48. The fraction of sp³-hybridized carbons (Fsp3) is 0.273. The molecule has 1 aliphatic rings. The Morgan fingerprint density at radius 2 is 1.46 bits per heavy atom. The zero-order chi connectivity index (χ0) is 19.6. The first kappa shape index (κ1) is 18.8. The van der Waals surface area contributed by atoms with Gasteiger partial charge in [-0.2, -0.15) is 4.31 Å². The van der Waals surface area contributed by atoms with Crippen LogP contribution in [-0.2, 0) is 10.0 Å². The number of piperazine rings is 1. The molecule has 6 heteroatoms. The van der Waals surface area contributed by atoms with E-state index in [9.17, 15) is 8.42 Å². The molecule has 1 saturated heterocycles. The zero-order valence-electron chi connectivity index (χ0n) is 15.9. The number of fused-ring (bicyclic) bond motifs is 1. The number of sulfonamides is 1. The third kappa shape index (κ3) is 3.45. The Labute approximate surface area is 166 Å². The quantitative estimate of drug-likeness (QED) is 0.659. The van der Waals surface area contributed by atoms with Crippen LogP contribution in [-0.4, -0.2) is 45.5 Å². The summed E-state index contributed by atoms with van der Waals surface area (Å²) in [5, 5.41) is 1.53. The molecule has 0 unspecified atom stereocenters. The second kappa shape index (κ2) is 7.81. The molecule has 0 saturated carbocycles.